The number of ether oxygens (including phenoxy) is 1. The second-order valence-corrected chi connectivity index (χ2v) is 6.24. The normalized spacial score (nSPS) is 11.5. The van der Waals surface area contributed by atoms with Crippen LogP contribution < -0.4 is 0 Å². The first-order valence-electron chi connectivity index (χ1n) is 6.62. The summed E-state index contributed by atoms with van der Waals surface area (Å²) in [5, 5.41) is 2.96. The van der Waals surface area contributed by atoms with Crippen LogP contribution in [0, 0.1) is 0 Å². The van der Waals surface area contributed by atoms with Gasteiger partial charge in [-0.3, -0.25) is 0 Å². The van der Waals surface area contributed by atoms with E-state index >= 15 is 0 Å². The molecule has 0 bridgehead atoms. The predicted octanol–water partition coefficient (Wildman–Crippen LogP) is 3.38. The molecule has 0 fully saturated rings. The number of hydrogen-bond donors (Lipinski definition) is 0. The summed E-state index contributed by atoms with van der Waals surface area (Å²) in [5.41, 5.74) is 1.88. The smallest absolute Gasteiger partial charge is 0.125 e. The highest BCUT2D eigenvalue weighted by atomic mass is 32.1. The number of carbonyl (C=O) groups excluding carboxylic acids is 1. The van der Waals surface area contributed by atoms with Gasteiger partial charge in [0.15, 0.2) is 0 Å². The summed E-state index contributed by atoms with van der Waals surface area (Å²) in [6, 6.07) is 10.1. The molecule has 0 aliphatic carbocycles. The van der Waals surface area contributed by atoms with Crippen molar-refractivity contribution in [2.75, 3.05) is 6.61 Å². The first-order chi connectivity index (χ1) is 9.62. The van der Waals surface area contributed by atoms with E-state index < -0.39 is 0 Å². The number of carbonyl (C=O) groups is 1. The number of benzene rings is 1. The molecular formula is C16H19NO2S. The van der Waals surface area contributed by atoms with Crippen molar-refractivity contribution in [3.05, 3.63) is 52.0 Å². The highest BCUT2D eigenvalue weighted by Gasteiger charge is 2.24. The molecule has 1 aromatic heterocycles. The average molecular weight is 289 g/mol. The fraction of sp³-hybridized carbons (Fsp3) is 0.375. The van der Waals surface area contributed by atoms with Gasteiger partial charge < -0.3 is 9.53 Å². The Kier molecular flexibility index (Phi) is 5.04. The molecule has 2 aromatic rings. The van der Waals surface area contributed by atoms with E-state index in [1.807, 2.05) is 23.6 Å². The molecule has 1 aromatic carbocycles. The Hall–Kier alpha value is -1.52. The van der Waals surface area contributed by atoms with Gasteiger partial charge in [-0.15, -0.1) is 11.3 Å². The van der Waals surface area contributed by atoms with Crippen molar-refractivity contribution >= 4 is 17.6 Å². The third-order valence-electron chi connectivity index (χ3n) is 3.00. The van der Waals surface area contributed by atoms with Crippen LogP contribution in [0.5, 0.6) is 0 Å². The number of hydrogen-bond acceptors (Lipinski definition) is 4. The molecule has 0 aliphatic heterocycles. The second kappa shape index (κ2) is 6.77. The van der Waals surface area contributed by atoms with E-state index in [4.69, 9.17) is 4.74 Å². The third kappa shape index (κ3) is 3.99. The summed E-state index contributed by atoms with van der Waals surface area (Å²) >= 11 is 1.59. The lowest BCUT2D eigenvalue weighted by Crippen LogP contribution is -2.24. The molecule has 0 saturated carbocycles. The van der Waals surface area contributed by atoms with Crippen LogP contribution in [-0.2, 0) is 28.0 Å². The predicted molar refractivity (Wildman–Crippen MR) is 81.0 cm³/mol. The molecule has 20 heavy (non-hydrogen) atoms. The van der Waals surface area contributed by atoms with E-state index in [0.29, 0.717) is 19.6 Å². The van der Waals surface area contributed by atoms with Gasteiger partial charge in [0.2, 0.25) is 0 Å². The van der Waals surface area contributed by atoms with Crippen molar-refractivity contribution in [1.29, 1.82) is 0 Å². The fourth-order valence-electron chi connectivity index (χ4n) is 1.86. The lowest BCUT2D eigenvalue weighted by Gasteiger charge is -2.21. The van der Waals surface area contributed by atoms with E-state index in [-0.39, 0.29) is 5.41 Å². The van der Waals surface area contributed by atoms with Crippen LogP contribution in [0.3, 0.4) is 0 Å². The van der Waals surface area contributed by atoms with Crippen LogP contribution in [0.25, 0.3) is 0 Å². The highest BCUT2D eigenvalue weighted by Crippen LogP contribution is 2.27. The maximum atomic E-state index is 10.5. The van der Waals surface area contributed by atoms with Crippen LogP contribution in [0.1, 0.15) is 30.1 Å². The highest BCUT2D eigenvalue weighted by molar-refractivity contribution is 7.09. The summed E-state index contributed by atoms with van der Waals surface area (Å²) < 4.78 is 5.81. The topological polar surface area (TPSA) is 39.2 Å². The zero-order valence-electron chi connectivity index (χ0n) is 11.8. The quantitative estimate of drug-likeness (QED) is 0.734. The van der Waals surface area contributed by atoms with Gasteiger partial charge in [0.05, 0.1) is 18.9 Å². The van der Waals surface area contributed by atoms with Crippen LogP contribution in [0.15, 0.2) is 35.7 Å². The number of aldehydes is 1. The van der Waals surface area contributed by atoms with Gasteiger partial charge in [-0.25, -0.2) is 4.98 Å². The molecule has 3 nitrogen and oxygen atoms in total. The largest absolute Gasteiger partial charge is 0.376 e. The Balaban J connectivity index is 1.91. The van der Waals surface area contributed by atoms with Crippen molar-refractivity contribution < 1.29 is 9.53 Å². The molecule has 0 saturated heterocycles. The molecule has 0 unspecified atom stereocenters. The summed E-state index contributed by atoms with van der Waals surface area (Å²) in [5.74, 6) is 0. The van der Waals surface area contributed by atoms with Crippen LogP contribution in [0.4, 0.5) is 0 Å². The van der Waals surface area contributed by atoms with Crippen LogP contribution >= 0.6 is 11.3 Å². The fourth-order valence-corrected chi connectivity index (χ4v) is 2.80. The number of rotatable bonds is 7. The van der Waals surface area contributed by atoms with Crippen LogP contribution in [-0.4, -0.2) is 17.9 Å². The standard InChI is InChI=1S/C16H19NO2S/c1-16(2,15-17-14(8-9-18)11-20-15)12-19-10-13-6-4-3-5-7-13/h3-7,9,11H,8,10,12H2,1-2H3. The lowest BCUT2D eigenvalue weighted by molar-refractivity contribution is -0.107. The maximum Gasteiger partial charge on any atom is 0.125 e. The van der Waals surface area contributed by atoms with E-state index in [0.717, 1.165) is 17.0 Å². The Morgan fingerprint density at radius 3 is 2.75 bits per heavy atom. The molecule has 0 radical (unpaired) electrons. The van der Waals surface area contributed by atoms with Crippen molar-refractivity contribution in [2.24, 2.45) is 0 Å². The Labute approximate surface area is 123 Å². The van der Waals surface area contributed by atoms with Gasteiger partial charge >= 0.3 is 0 Å². The average Bonchev–Trinajstić information content (AvgIpc) is 2.90. The molecule has 106 valence electrons. The molecule has 0 spiro atoms. The summed E-state index contributed by atoms with van der Waals surface area (Å²) in [6.07, 6.45) is 1.27. The van der Waals surface area contributed by atoms with E-state index in [9.17, 15) is 4.79 Å². The zero-order valence-corrected chi connectivity index (χ0v) is 12.7. The Morgan fingerprint density at radius 2 is 2.05 bits per heavy atom. The van der Waals surface area contributed by atoms with Gasteiger partial charge in [-0.2, -0.15) is 0 Å². The van der Waals surface area contributed by atoms with Crippen molar-refractivity contribution in [3.63, 3.8) is 0 Å². The minimum absolute atomic E-state index is 0.138. The second-order valence-electron chi connectivity index (χ2n) is 5.38. The Morgan fingerprint density at radius 1 is 1.30 bits per heavy atom. The van der Waals surface area contributed by atoms with Gasteiger partial charge in [0.25, 0.3) is 0 Å². The van der Waals surface area contributed by atoms with E-state index in [1.54, 1.807) is 11.3 Å². The van der Waals surface area contributed by atoms with Crippen molar-refractivity contribution in [2.45, 2.75) is 32.3 Å². The van der Waals surface area contributed by atoms with E-state index in [2.05, 4.69) is 31.0 Å². The van der Waals surface area contributed by atoms with Gasteiger partial charge in [0, 0.05) is 17.2 Å². The Bertz CT molecular complexity index is 549. The summed E-state index contributed by atoms with van der Waals surface area (Å²) in [6.45, 7) is 5.44. The number of thiazole rings is 1. The lowest BCUT2D eigenvalue weighted by atomic mass is 9.96. The molecule has 2 rings (SSSR count). The van der Waals surface area contributed by atoms with Gasteiger partial charge in [-0.1, -0.05) is 44.2 Å². The van der Waals surface area contributed by atoms with Crippen molar-refractivity contribution in [3.8, 4) is 0 Å². The minimum atomic E-state index is -0.138. The van der Waals surface area contributed by atoms with Gasteiger partial charge in [0.1, 0.15) is 11.3 Å². The summed E-state index contributed by atoms with van der Waals surface area (Å²) in [7, 11) is 0. The molecule has 0 atom stereocenters. The molecule has 1 heterocycles. The SMILES string of the molecule is CC(C)(COCc1ccccc1)c1nc(CC=O)cs1. The maximum absolute atomic E-state index is 10.5. The van der Waals surface area contributed by atoms with Gasteiger partial charge in [-0.05, 0) is 5.56 Å². The number of nitrogens with zero attached hydrogens (tertiary/aromatic N) is 1. The molecular weight excluding hydrogens is 270 g/mol. The van der Waals surface area contributed by atoms with Crippen molar-refractivity contribution in [1.82, 2.24) is 4.98 Å². The molecule has 4 heteroatoms. The first-order valence-corrected chi connectivity index (χ1v) is 7.50. The van der Waals surface area contributed by atoms with Crippen LogP contribution in [0.2, 0.25) is 0 Å². The molecule has 0 N–H and O–H groups in total. The molecule has 0 amide bonds. The third-order valence-corrected chi connectivity index (χ3v) is 4.25. The molecule has 0 aliphatic rings. The monoisotopic (exact) mass is 289 g/mol. The minimum Gasteiger partial charge on any atom is -0.376 e. The number of aromatic nitrogens is 1. The zero-order chi connectivity index (χ0) is 14.4. The first kappa shape index (κ1) is 14.9. The van der Waals surface area contributed by atoms with E-state index in [1.165, 1.54) is 5.56 Å². The summed E-state index contributed by atoms with van der Waals surface area (Å²) in [4.78, 5) is 15.0.